The zero-order valence-corrected chi connectivity index (χ0v) is 11.7. The molecule has 0 saturated carbocycles. The van der Waals surface area contributed by atoms with E-state index in [0.29, 0.717) is 11.6 Å². The van der Waals surface area contributed by atoms with Gasteiger partial charge in [-0.3, -0.25) is 4.79 Å². The highest BCUT2D eigenvalue weighted by molar-refractivity contribution is 9.10. The molecule has 6 heteroatoms. The Kier molecular flexibility index (Phi) is 3.58. The molecule has 0 aliphatic carbocycles. The molecule has 2 atom stereocenters. The second-order valence-corrected chi connectivity index (χ2v) is 5.64. The van der Waals surface area contributed by atoms with Crippen LogP contribution in [0.4, 0.5) is 5.82 Å². The van der Waals surface area contributed by atoms with Crippen LogP contribution < -0.4 is 10.6 Å². The maximum absolute atomic E-state index is 11.3. The van der Waals surface area contributed by atoms with Crippen molar-refractivity contribution in [3.05, 3.63) is 21.8 Å². The van der Waals surface area contributed by atoms with Crippen LogP contribution in [-0.2, 0) is 4.79 Å². The second-order valence-electron chi connectivity index (χ2n) is 4.35. The fraction of sp³-hybridized carbons (Fsp3) is 0.455. The molecule has 1 aliphatic heterocycles. The van der Waals surface area contributed by atoms with Gasteiger partial charge < -0.3 is 10.6 Å². The van der Waals surface area contributed by atoms with Crippen LogP contribution in [0.15, 0.2) is 16.7 Å². The summed E-state index contributed by atoms with van der Waals surface area (Å²) >= 11 is 9.28. The zero-order valence-electron chi connectivity index (χ0n) is 9.36. The van der Waals surface area contributed by atoms with Crippen LogP contribution in [0.25, 0.3) is 0 Å². The molecule has 1 aromatic rings. The number of pyridine rings is 1. The summed E-state index contributed by atoms with van der Waals surface area (Å²) in [6.45, 7) is 3.42. The van der Waals surface area contributed by atoms with Gasteiger partial charge in [-0.2, -0.15) is 0 Å². The molecule has 17 heavy (non-hydrogen) atoms. The fourth-order valence-corrected chi connectivity index (χ4v) is 3.04. The summed E-state index contributed by atoms with van der Waals surface area (Å²) in [6.07, 6.45) is 1.60. The normalized spacial score (nSPS) is 24.1. The van der Waals surface area contributed by atoms with Gasteiger partial charge in [0.15, 0.2) is 0 Å². The van der Waals surface area contributed by atoms with Crippen molar-refractivity contribution in [1.82, 2.24) is 4.98 Å². The Bertz CT molecular complexity index is 454. The molecule has 2 rings (SSSR count). The van der Waals surface area contributed by atoms with Crippen molar-refractivity contribution >= 4 is 39.3 Å². The van der Waals surface area contributed by atoms with Crippen molar-refractivity contribution in [3.63, 3.8) is 0 Å². The number of nitrogens with two attached hydrogens (primary N) is 1. The van der Waals surface area contributed by atoms with Gasteiger partial charge in [-0.15, -0.1) is 0 Å². The van der Waals surface area contributed by atoms with Crippen LogP contribution >= 0.6 is 27.5 Å². The van der Waals surface area contributed by atoms with E-state index in [9.17, 15) is 4.79 Å². The molecule has 1 aromatic heterocycles. The van der Waals surface area contributed by atoms with Crippen molar-refractivity contribution in [1.29, 1.82) is 0 Å². The van der Waals surface area contributed by atoms with Crippen molar-refractivity contribution in [3.8, 4) is 0 Å². The first kappa shape index (κ1) is 12.6. The van der Waals surface area contributed by atoms with Gasteiger partial charge in [-0.1, -0.05) is 18.5 Å². The van der Waals surface area contributed by atoms with Gasteiger partial charge in [0.25, 0.3) is 0 Å². The molecule has 1 amide bonds. The van der Waals surface area contributed by atoms with Gasteiger partial charge in [-0.05, 0) is 27.9 Å². The highest BCUT2D eigenvalue weighted by atomic mass is 79.9. The van der Waals surface area contributed by atoms with Gasteiger partial charge in [0, 0.05) is 19.3 Å². The standard InChI is InChI=1S/C11H13BrClN3O/c1-6-4-16(5-8(6)10(14)17)11-9(12)2-7(13)3-15-11/h2-3,6,8H,4-5H2,1H3,(H2,14,17)/t6-,8-/m1/s1. The number of hydrogen-bond donors (Lipinski definition) is 1. The molecule has 0 unspecified atom stereocenters. The fourth-order valence-electron chi connectivity index (χ4n) is 2.15. The lowest BCUT2D eigenvalue weighted by Crippen LogP contribution is -2.29. The summed E-state index contributed by atoms with van der Waals surface area (Å²) in [4.78, 5) is 17.6. The van der Waals surface area contributed by atoms with E-state index in [0.717, 1.165) is 16.8 Å². The molecule has 0 spiro atoms. The minimum Gasteiger partial charge on any atom is -0.369 e. The molecule has 2 N–H and O–H groups in total. The van der Waals surface area contributed by atoms with Crippen LogP contribution in [0.3, 0.4) is 0 Å². The number of carbonyl (C=O) groups excluding carboxylic acids is 1. The molecule has 0 aromatic carbocycles. The third-order valence-electron chi connectivity index (χ3n) is 3.07. The SMILES string of the molecule is C[C@@H]1CN(c2ncc(Cl)cc2Br)C[C@H]1C(N)=O. The average Bonchev–Trinajstić information content (AvgIpc) is 2.60. The van der Waals surface area contributed by atoms with E-state index in [4.69, 9.17) is 17.3 Å². The summed E-state index contributed by atoms with van der Waals surface area (Å²) in [5.74, 6) is 0.700. The number of carbonyl (C=O) groups is 1. The summed E-state index contributed by atoms with van der Waals surface area (Å²) in [6, 6.07) is 1.80. The molecule has 1 saturated heterocycles. The number of primary amides is 1. The highest BCUT2D eigenvalue weighted by Gasteiger charge is 2.34. The Morgan fingerprint density at radius 3 is 2.88 bits per heavy atom. The molecular weight excluding hydrogens is 305 g/mol. The van der Waals surface area contributed by atoms with Gasteiger partial charge in [0.2, 0.25) is 5.91 Å². The molecule has 4 nitrogen and oxygen atoms in total. The van der Waals surface area contributed by atoms with Crippen molar-refractivity contribution in [2.75, 3.05) is 18.0 Å². The zero-order chi connectivity index (χ0) is 12.6. The Morgan fingerprint density at radius 1 is 1.65 bits per heavy atom. The third kappa shape index (κ3) is 2.55. The Labute approximate surface area is 113 Å². The van der Waals surface area contributed by atoms with Crippen LogP contribution in [0.2, 0.25) is 5.02 Å². The third-order valence-corrected chi connectivity index (χ3v) is 3.86. The second kappa shape index (κ2) is 4.82. The maximum Gasteiger partial charge on any atom is 0.222 e. The van der Waals surface area contributed by atoms with Crippen molar-refractivity contribution < 1.29 is 4.79 Å². The van der Waals surface area contributed by atoms with E-state index in [-0.39, 0.29) is 17.7 Å². The molecular formula is C11H13BrClN3O. The highest BCUT2D eigenvalue weighted by Crippen LogP contribution is 2.32. The molecule has 92 valence electrons. The smallest absolute Gasteiger partial charge is 0.222 e. The topological polar surface area (TPSA) is 59.2 Å². The minimum absolute atomic E-state index is 0.112. The number of amides is 1. The first-order chi connectivity index (χ1) is 7.99. The Morgan fingerprint density at radius 2 is 2.35 bits per heavy atom. The quantitative estimate of drug-likeness (QED) is 0.908. The van der Waals surface area contributed by atoms with Gasteiger partial charge in [-0.25, -0.2) is 4.98 Å². The molecule has 0 radical (unpaired) electrons. The number of nitrogens with zero attached hydrogens (tertiary/aromatic N) is 2. The van der Waals surface area contributed by atoms with Gasteiger partial charge >= 0.3 is 0 Å². The van der Waals surface area contributed by atoms with Crippen LogP contribution in [0.5, 0.6) is 0 Å². The van der Waals surface area contributed by atoms with E-state index in [1.54, 1.807) is 12.3 Å². The first-order valence-corrected chi connectivity index (χ1v) is 6.51. The first-order valence-electron chi connectivity index (χ1n) is 5.34. The largest absolute Gasteiger partial charge is 0.369 e. The predicted molar refractivity (Wildman–Crippen MR) is 71.0 cm³/mol. The predicted octanol–water partition coefficient (Wildman–Crippen LogP) is 2.06. The summed E-state index contributed by atoms with van der Waals surface area (Å²) < 4.78 is 0.835. The van der Waals surface area contributed by atoms with E-state index < -0.39 is 0 Å². The summed E-state index contributed by atoms with van der Waals surface area (Å²) in [5.41, 5.74) is 5.37. The number of hydrogen-bond acceptors (Lipinski definition) is 3. The number of anilines is 1. The number of halogens is 2. The van der Waals surface area contributed by atoms with Crippen LogP contribution in [-0.4, -0.2) is 24.0 Å². The lowest BCUT2D eigenvalue weighted by atomic mass is 9.98. The maximum atomic E-state index is 11.3. The molecule has 1 aliphatic rings. The lowest BCUT2D eigenvalue weighted by Gasteiger charge is -2.18. The Hall–Kier alpha value is -0.810. The van der Waals surface area contributed by atoms with E-state index >= 15 is 0 Å². The Balaban J connectivity index is 2.22. The van der Waals surface area contributed by atoms with E-state index in [2.05, 4.69) is 25.8 Å². The van der Waals surface area contributed by atoms with Gasteiger partial charge in [0.05, 0.1) is 15.4 Å². The van der Waals surface area contributed by atoms with Crippen LogP contribution in [0.1, 0.15) is 6.92 Å². The lowest BCUT2D eigenvalue weighted by molar-refractivity contribution is -0.122. The van der Waals surface area contributed by atoms with Crippen molar-refractivity contribution in [2.45, 2.75) is 6.92 Å². The van der Waals surface area contributed by atoms with Gasteiger partial charge in [0.1, 0.15) is 5.82 Å². The monoisotopic (exact) mass is 317 g/mol. The molecule has 0 bridgehead atoms. The number of aromatic nitrogens is 1. The van der Waals surface area contributed by atoms with E-state index in [1.165, 1.54) is 0 Å². The summed E-state index contributed by atoms with van der Waals surface area (Å²) in [5, 5.41) is 0.583. The minimum atomic E-state index is -0.245. The van der Waals surface area contributed by atoms with E-state index in [1.807, 2.05) is 6.92 Å². The van der Waals surface area contributed by atoms with Crippen LogP contribution in [0, 0.1) is 11.8 Å². The molecule has 2 heterocycles. The molecule has 1 fully saturated rings. The number of rotatable bonds is 2. The summed E-state index contributed by atoms with van der Waals surface area (Å²) in [7, 11) is 0. The average molecular weight is 319 g/mol. The van der Waals surface area contributed by atoms with Crippen molar-refractivity contribution in [2.24, 2.45) is 17.6 Å².